The Hall–Kier alpha value is -0.0300. The van der Waals surface area contributed by atoms with Crippen molar-refractivity contribution in [2.75, 3.05) is 5.75 Å². The van der Waals surface area contributed by atoms with Gasteiger partial charge in [0.1, 0.15) is 0 Å². The second-order valence-corrected chi connectivity index (χ2v) is 7.83. The number of hydrogen-bond donors (Lipinski definition) is 1. The fourth-order valence-corrected chi connectivity index (χ4v) is 4.88. The predicted octanol–water partition coefficient (Wildman–Crippen LogP) is 3.15. The van der Waals surface area contributed by atoms with Crippen molar-refractivity contribution < 1.29 is 23.5 Å². The van der Waals surface area contributed by atoms with E-state index in [4.69, 9.17) is 14.2 Å². The molecule has 7 heteroatoms. The third-order valence-corrected chi connectivity index (χ3v) is 5.32. The Bertz CT molecular complexity index is 253. The Morgan fingerprint density at radius 2 is 1.69 bits per heavy atom. The van der Waals surface area contributed by atoms with Crippen molar-refractivity contribution in [1.29, 1.82) is 0 Å². The summed E-state index contributed by atoms with van der Waals surface area (Å²) in [6.45, 7) is 3.80. The standard InChI is InChI=1S/C9H19O5PS/c1-7(2)13-15(12,14-8(3)4)16-6-5-9(10)11/h7-8H,5-6H2,1-4H3,(H,10,11). The molecule has 5 nitrogen and oxygen atoms in total. The van der Waals surface area contributed by atoms with Crippen molar-refractivity contribution in [2.45, 2.75) is 46.3 Å². The van der Waals surface area contributed by atoms with E-state index in [0.717, 1.165) is 11.4 Å². The number of hydrogen-bond acceptors (Lipinski definition) is 5. The van der Waals surface area contributed by atoms with Crippen LogP contribution in [0.2, 0.25) is 0 Å². The van der Waals surface area contributed by atoms with E-state index in [1.165, 1.54) is 0 Å². The molecule has 0 saturated carbocycles. The van der Waals surface area contributed by atoms with Gasteiger partial charge in [-0.3, -0.25) is 13.8 Å². The highest BCUT2D eigenvalue weighted by Gasteiger charge is 2.28. The first kappa shape index (κ1) is 16.0. The van der Waals surface area contributed by atoms with E-state index >= 15 is 0 Å². The predicted molar refractivity (Wildman–Crippen MR) is 64.8 cm³/mol. The lowest BCUT2D eigenvalue weighted by Gasteiger charge is -2.21. The molecular weight excluding hydrogens is 251 g/mol. The molecule has 0 aromatic heterocycles. The van der Waals surface area contributed by atoms with Crippen LogP contribution in [0.3, 0.4) is 0 Å². The van der Waals surface area contributed by atoms with E-state index in [9.17, 15) is 9.36 Å². The maximum atomic E-state index is 12.1. The highest BCUT2D eigenvalue weighted by molar-refractivity contribution is 8.55. The fraction of sp³-hybridized carbons (Fsp3) is 0.889. The van der Waals surface area contributed by atoms with E-state index in [-0.39, 0.29) is 24.4 Å². The van der Waals surface area contributed by atoms with Gasteiger partial charge < -0.3 is 5.11 Å². The molecule has 1 N–H and O–H groups in total. The van der Waals surface area contributed by atoms with Crippen molar-refractivity contribution >= 4 is 24.1 Å². The zero-order valence-electron chi connectivity index (χ0n) is 10.0. The molecule has 0 amide bonds. The minimum Gasteiger partial charge on any atom is -0.481 e. The van der Waals surface area contributed by atoms with Gasteiger partial charge in [0.15, 0.2) is 0 Å². The molecule has 0 radical (unpaired) electrons. The zero-order valence-corrected chi connectivity index (χ0v) is 11.7. The number of rotatable bonds is 8. The number of aliphatic carboxylic acids is 1. The first-order valence-corrected chi connectivity index (χ1v) is 8.21. The first-order chi connectivity index (χ1) is 7.25. The van der Waals surface area contributed by atoms with Crippen LogP contribution in [0, 0.1) is 0 Å². The summed E-state index contributed by atoms with van der Waals surface area (Å²) >= 11 is 0.939. The Labute approximate surface area is 100 Å². The molecule has 0 aliphatic rings. The molecular formula is C9H19O5PS. The highest BCUT2D eigenvalue weighted by atomic mass is 32.7. The molecule has 0 rings (SSSR count). The zero-order chi connectivity index (χ0) is 12.8. The van der Waals surface area contributed by atoms with Crippen molar-refractivity contribution in [2.24, 2.45) is 0 Å². The topological polar surface area (TPSA) is 72.8 Å². The third kappa shape index (κ3) is 8.16. The molecule has 16 heavy (non-hydrogen) atoms. The summed E-state index contributed by atoms with van der Waals surface area (Å²) in [5.41, 5.74) is 0. The Kier molecular flexibility index (Phi) is 7.31. The van der Waals surface area contributed by atoms with Gasteiger partial charge in [0, 0.05) is 5.75 Å². The van der Waals surface area contributed by atoms with Crippen LogP contribution in [0.5, 0.6) is 0 Å². The second kappa shape index (κ2) is 7.33. The van der Waals surface area contributed by atoms with Gasteiger partial charge in [-0.1, -0.05) is 0 Å². The van der Waals surface area contributed by atoms with Crippen LogP contribution in [-0.2, 0) is 18.4 Å². The number of carboxylic acid groups (broad SMARTS) is 1. The lowest BCUT2D eigenvalue weighted by atomic mass is 10.5. The smallest absolute Gasteiger partial charge is 0.389 e. The number of carbonyl (C=O) groups is 1. The molecule has 0 unspecified atom stereocenters. The molecule has 0 spiro atoms. The van der Waals surface area contributed by atoms with Crippen molar-refractivity contribution in [1.82, 2.24) is 0 Å². The second-order valence-electron chi connectivity index (χ2n) is 3.73. The quantitative estimate of drug-likeness (QED) is 0.683. The normalized spacial score (nSPS) is 12.4. The molecule has 0 saturated heterocycles. The van der Waals surface area contributed by atoms with Gasteiger partial charge in [0.25, 0.3) is 0 Å². The van der Waals surface area contributed by atoms with Gasteiger partial charge in [0.05, 0.1) is 18.6 Å². The summed E-state index contributed by atoms with van der Waals surface area (Å²) < 4.78 is 22.6. The van der Waals surface area contributed by atoms with Gasteiger partial charge in [-0.25, -0.2) is 4.57 Å². The summed E-state index contributed by atoms with van der Waals surface area (Å²) in [4.78, 5) is 10.3. The molecule has 0 aliphatic heterocycles. The largest absolute Gasteiger partial charge is 0.481 e. The average molecular weight is 270 g/mol. The molecule has 0 aromatic rings. The maximum Gasteiger partial charge on any atom is 0.389 e. The van der Waals surface area contributed by atoms with E-state index < -0.39 is 12.8 Å². The molecule has 96 valence electrons. The van der Waals surface area contributed by atoms with Gasteiger partial charge in [0.2, 0.25) is 0 Å². The van der Waals surface area contributed by atoms with Crippen LogP contribution in [0.15, 0.2) is 0 Å². The van der Waals surface area contributed by atoms with Crippen LogP contribution in [-0.4, -0.2) is 29.0 Å². The van der Waals surface area contributed by atoms with Crippen LogP contribution < -0.4 is 0 Å². The van der Waals surface area contributed by atoms with Crippen molar-refractivity contribution in [3.05, 3.63) is 0 Å². The molecule has 0 atom stereocenters. The molecule has 0 aromatic carbocycles. The minimum atomic E-state index is -3.23. The Morgan fingerprint density at radius 3 is 2.00 bits per heavy atom. The number of carboxylic acids is 1. The van der Waals surface area contributed by atoms with Gasteiger partial charge in [-0.2, -0.15) is 0 Å². The Balaban J connectivity index is 4.30. The van der Waals surface area contributed by atoms with Crippen molar-refractivity contribution in [3.8, 4) is 0 Å². The average Bonchev–Trinajstić information content (AvgIpc) is 1.98. The Morgan fingerprint density at radius 1 is 1.25 bits per heavy atom. The van der Waals surface area contributed by atoms with Crippen LogP contribution in [0.1, 0.15) is 34.1 Å². The van der Waals surface area contributed by atoms with Crippen LogP contribution >= 0.6 is 18.2 Å². The summed E-state index contributed by atoms with van der Waals surface area (Å²) in [5.74, 6) is -0.709. The monoisotopic (exact) mass is 270 g/mol. The highest BCUT2D eigenvalue weighted by Crippen LogP contribution is 2.62. The van der Waals surface area contributed by atoms with Crippen LogP contribution in [0.4, 0.5) is 0 Å². The van der Waals surface area contributed by atoms with E-state index in [0.29, 0.717) is 0 Å². The van der Waals surface area contributed by atoms with E-state index in [1.54, 1.807) is 27.7 Å². The van der Waals surface area contributed by atoms with Gasteiger partial charge >= 0.3 is 12.8 Å². The molecule has 0 bridgehead atoms. The third-order valence-electron chi connectivity index (χ3n) is 1.25. The summed E-state index contributed by atoms with van der Waals surface area (Å²) in [5, 5.41) is 8.49. The van der Waals surface area contributed by atoms with Gasteiger partial charge in [-0.05, 0) is 39.1 Å². The molecule has 0 aliphatic carbocycles. The molecule has 0 fully saturated rings. The summed E-state index contributed by atoms with van der Waals surface area (Å²) in [6.07, 6.45) is -0.499. The summed E-state index contributed by atoms with van der Waals surface area (Å²) in [6, 6.07) is 0. The van der Waals surface area contributed by atoms with Gasteiger partial charge in [-0.15, -0.1) is 0 Å². The lowest BCUT2D eigenvalue weighted by Crippen LogP contribution is -2.07. The SMILES string of the molecule is CC(C)OP(=O)(OC(C)C)SCCC(=O)O. The van der Waals surface area contributed by atoms with Crippen LogP contribution in [0.25, 0.3) is 0 Å². The maximum absolute atomic E-state index is 12.1. The summed E-state index contributed by atoms with van der Waals surface area (Å²) in [7, 11) is 0. The first-order valence-electron chi connectivity index (χ1n) is 5.08. The lowest BCUT2D eigenvalue weighted by molar-refractivity contribution is -0.136. The minimum absolute atomic E-state index is 0.0580. The van der Waals surface area contributed by atoms with E-state index in [2.05, 4.69) is 0 Å². The fourth-order valence-electron chi connectivity index (χ4n) is 0.847. The molecule has 0 heterocycles. The van der Waals surface area contributed by atoms with Crippen molar-refractivity contribution in [3.63, 3.8) is 0 Å². The van der Waals surface area contributed by atoms with E-state index in [1.807, 2.05) is 0 Å².